The van der Waals surface area contributed by atoms with E-state index in [-0.39, 0.29) is 5.97 Å². The van der Waals surface area contributed by atoms with Crippen LogP contribution in [0.1, 0.15) is 33.1 Å². The van der Waals surface area contributed by atoms with Gasteiger partial charge in [0.05, 0.1) is 6.61 Å². The molecule has 0 N–H and O–H groups in total. The Morgan fingerprint density at radius 1 is 1.45 bits per heavy atom. The second-order valence-corrected chi connectivity index (χ2v) is 2.33. The average molecular weight is 156 g/mol. The van der Waals surface area contributed by atoms with E-state index in [1.54, 1.807) is 6.08 Å². The van der Waals surface area contributed by atoms with Crippen molar-refractivity contribution in [2.24, 2.45) is 0 Å². The molecule has 0 aliphatic rings. The lowest BCUT2D eigenvalue weighted by atomic mass is 10.4. The summed E-state index contributed by atoms with van der Waals surface area (Å²) in [7, 11) is 0. The van der Waals surface area contributed by atoms with Gasteiger partial charge in [-0.2, -0.15) is 0 Å². The van der Waals surface area contributed by atoms with E-state index >= 15 is 0 Å². The summed E-state index contributed by atoms with van der Waals surface area (Å²) in [6.45, 7) is 4.59. The molecule has 0 bridgehead atoms. The molecule has 0 saturated carbocycles. The van der Waals surface area contributed by atoms with Gasteiger partial charge in [-0.1, -0.05) is 26.3 Å². The van der Waals surface area contributed by atoms with Crippen LogP contribution >= 0.6 is 0 Å². The number of hydrogen-bond donors (Lipinski definition) is 0. The number of esters is 1. The van der Waals surface area contributed by atoms with E-state index in [2.05, 4.69) is 6.92 Å². The van der Waals surface area contributed by atoms with Crippen molar-refractivity contribution in [1.29, 1.82) is 0 Å². The Balaban J connectivity index is 3.30. The van der Waals surface area contributed by atoms with Gasteiger partial charge in [-0.25, -0.2) is 4.79 Å². The number of unbranched alkanes of at least 4 members (excludes halogenated alkanes) is 1. The molecule has 64 valence electrons. The topological polar surface area (TPSA) is 26.3 Å². The molecule has 0 aliphatic heterocycles. The monoisotopic (exact) mass is 156 g/mol. The Labute approximate surface area is 68.2 Å². The first-order valence-electron chi connectivity index (χ1n) is 4.14. The van der Waals surface area contributed by atoms with Gasteiger partial charge in [-0.3, -0.25) is 0 Å². The summed E-state index contributed by atoms with van der Waals surface area (Å²) in [6, 6.07) is 0. The fourth-order valence-corrected chi connectivity index (χ4v) is 0.579. The third-order valence-corrected chi connectivity index (χ3v) is 1.23. The van der Waals surface area contributed by atoms with Crippen LogP contribution in [0.5, 0.6) is 0 Å². The maximum atomic E-state index is 10.8. The van der Waals surface area contributed by atoms with Crippen molar-refractivity contribution >= 4 is 5.97 Å². The van der Waals surface area contributed by atoms with Gasteiger partial charge in [0.2, 0.25) is 0 Å². The van der Waals surface area contributed by atoms with Gasteiger partial charge in [-0.15, -0.1) is 0 Å². The molecule has 0 aromatic carbocycles. The predicted molar refractivity (Wildman–Crippen MR) is 45.3 cm³/mol. The predicted octanol–water partition coefficient (Wildman–Crippen LogP) is 2.30. The zero-order chi connectivity index (χ0) is 8.53. The lowest BCUT2D eigenvalue weighted by Crippen LogP contribution is -2.01. The minimum atomic E-state index is -0.222. The molecule has 0 aliphatic carbocycles. The molecule has 0 aromatic heterocycles. The Bertz CT molecular complexity index is 128. The van der Waals surface area contributed by atoms with Crippen molar-refractivity contribution in [2.75, 3.05) is 6.61 Å². The van der Waals surface area contributed by atoms with Crippen LogP contribution in [0.3, 0.4) is 0 Å². The highest BCUT2D eigenvalue weighted by molar-refractivity contribution is 5.81. The lowest BCUT2D eigenvalue weighted by Gasteiger charge is -1.98. The summed E-state index contributed by atoms with van der Waals surface area (Å²) < 4.78 is 4.86. The molecule has 0 unspecified atom stereocenters. The first-order chi connectivity index (χ1) is 5.31. The standard InChI is InChI=1S/C9H16O2/c1-3-5-7-9(10)11-8-6-4-2/h5,7H,3-4,6,8H2,1-2H3/b7-5+. The van der Waals surface area contributed by atoms with Crippen molar-refractivity contribution in [2.45, 2.75) is 33.1 Å². The van der Waals surface area contributed by atoms with Crippen molar-refractivity contribution in [3.05, 3.63) is 12.2 Å². The average Bonchev–Trinajstić information content (AvgIpc) is 2.01. The molecule has 0 rings (SSSR count). The smallest absolute Gasteiger partial charge is 0.330 e. The van der Waals surface area contributed by atoms with Crippen LogP contribution in [-0.2, 0) is 9.53 Å². The Hall–Kier alpha value is -0.790. The normalized spacial score (nSPS) is 10.4. The minimum absolute atomic E-state index is 0.222. The molecule has 11 heavy (non-hydrogen) atoms. The largest absolute Gasteiger partial charge is 0.463 e. The number of ether oxygens (including phenoxy) is 1. The van der Waals surface area contributed by atoms with E-state index in [9.17, 15) is 4.79 Å². The van der Waals surface area contributed by atoms with Gasteiger partial charge >= 0.3 is 5.97 Å². The van der Waals surface area contributed by atoms with Crippen LogP contribution in [0.15, 0.2) is 12.2 Å². The van der Waals surface area contributed by atoms with Crippen LogP contribution in [0.4, 0.5) is 0 Å². The second-order valence-electron chi connectivity index (χ2n) is 2.33. The summed E-state index contributed by atoms with van der Waals surface area (Å²) >= 11 is 0. The SMILES string of the molecule is CC/C=C/C(=O)OCCCC. The van der Waals surface area contributed by atoms with Crippen LogP contribution in [-0.4, -0.2) is 12.6 Å². The number of carbonyl (C=O) groups excluding carboxylic acids is 1. The number of allylic oxidation sites excluding steroid dienone is 1. The fourth-order valence-electron chi connectivity index (χ4n) is 0.579. The van der Waals surface area contributed by atoms with Crippen LogP contribution in [0.25, 0.3) is 0 Å². The van der Waals surface area contributed by atoms with Gasteiger partial charge in [-0.05, 0) is 12.8 Å². The highest BCUT2D eigenvalue weighted by Gasteiger charge is 1.93. The molecule has 0 saturated heterocycles. The van der Waals surface area contributed by atoms with Crippen LogP contribution in [0, 0.1) is 0 Å². The Morgan fingerprint density at radius 3 is 2.73 bits per heavy atom. The molecule has 0 spiro atoms. The second kappa shape index (κ2) is 7.32. The maximum Gasteiger partial charge on any atom is 0.330 e. The third-order valence-electron chi connectivity index (χ3n) is 1.23. The lowest BCUT2D eigenvalue weighted by molar-refractivity contribution is -0.137. The van der Waals surface area contributed by atoms with Crippen molar-refractivity contribution < 1.29 is 9.53 Å². The van der Waals surface area contributed by atoms with Gasteiger partial charge in [0, 0.05) is 6.08 Å². The molecule has 0 radical (unpaired) electrons. The summed E-state index contributed by atoms with van der Waals surface area (Å²) in [5, 5.41) is 0. The van der Waals surface area contributed by atoms with Gasteiger partial charge in [0.1, 0.15) is 0 Å². The molecular formula is C9H16O2. The highest BCUT2D eigenvalue weighted by atomic mass is 16.5. The van der Waals surface area contributed by atoms with E-state index in [0.717, 1.165) is 19.3 Å². The van der Waals surface area contributed by atoms with E-state index in [0.29, 0.717) is 6.61 Å². The highest BCUT2D eigenvalue weighted by Crippen LogP contribution is 1.90. The minimum Gasteiger partial charge on any atom is -0.463 e. The van der Waals surface area contributed by atoms with Crippen molar-refractivity contribution in [1.82, 2.24) is 0 Å². The van der Waals surface area contributed by atoms with E-state index in [1.807, 2.05) is 6.92 Å². The summed E-state index contributed by atoms with van der Waals surface area (Å²) in [6.07, 6.45) is 6.17. The summed E-state index contributed by atoms with van der Waals surface area (Å²) in [5.41, 5.74) is 0. The molecule has 0 aromatic rings. The zero-order valence-electron chi connectivity index (χ0n) is 7.30. The summed E-state index contributed by atoms with van der Waals surface area (Å²) in [4.78, 5) is 10.8. The molecule has 0 atom stereocenters. The number of carbonyl (C=O) groups is 1. The van der Waals surface area contributed by atoms with E-state index < -0.39 is 0 Å². The Morgan fingerprint density at radius 2 is 2.18 bits per heavy atom. The van der Waals surface area contributed by atoms with Crippen LogP contribution in [0.2, 0.25) is 0 Å². The third kappa shape index (κ3) is 7.10. The Kier molecular flexibility index (Phi) is 6.79. The fraction of sp³-hybridized carbons (Fsp3) is 0.667. The van der Waals surface area contributed by atoms with Crippen molar-refractivity contribution in [3.63, 3.8) is 0 Å². The zero-order valence-corrected chi connectivity index (χ0v) is 7.30. The summed E-state index contributed by atoms with van der Waals surface area (Å²) in [5.74, 6) is -0.222. The first-order valence-corrected chi connectivity index (χ1v) is 4.14. The van der Waals surface area contributed by atoms with E-state index in [4.69, 9.17) is 4.74 Å². The molecule has 0 heterocycles. The quantitative estimate of drug-likeness (QED) is 0.347. The molecule has 2 nitrogen and oxygen atoms in total. The molecule has 0 fully saturated rings. The number of hydrogen-bond acceptors (Lipinski definition) is 2. The van der Waals surface area contributed by atoms with Crippen LogP contribution < -0.4 is 0 Å². The van der Waals surface area contributed by atoms with Gasteiger partial charge in [0.15, 0.2) is 0 Å². The molecular weight excluding hydrogens is 140 g/mol. The molecule has 2 heteroatoms. The number of rotatable bonds is 5. The van der Waals surface area contributed by atoms with Gasteiger partial charge in [0.25, 0.3) is 0 Å². The maximum absolute atomic E-state index is 10.8. The van der Waals surface area contributed by atoms with E-state index in [1.165, 1.54) is 6.08 Å². The first kappa shape index (κ1) is 10.2. The molecule has 0 amide bonds. The van der Waals surface area contributed by atoms with Crippen molar-refractivity contribution in [3.8, 4) is 0 Å². The van der Waals surface area contributed by atoms with Gasteiger partial charge < -0.3 is 4.74 Å².